The summed E-state index contributed by atoms with van der Waals surface area (Å²) in [5.74, 6) is 2.19. The molecule has 0 radical (unpaired) electrons. The predicted octanol–water partition coefficient (Wildman–Crippen LogP) is 3.52. The van der Waals surface area contributed by atoms with Crippen LogP contribution in [0.4, 0.5) is 0 Å². The average molecular weight is 323 g/mol. The minimum absolute atomic E-state index is 0.400. The Labute approximate surface area is 143 Å². The van der Waals surface area contributed by atoms with Crippen molar-refractivity contribution in [1.82, 2.24) is 15.3 Å². The van der Waals surface area contributed by atoms with Gasteiger partial charge in [0.25, 0.3) is 0 Å². The molecule has 0 spiro atoms. The Morgan fingerprint density at radius 1 is 1.25 bits per heavy atom. The first-order valence-electron chi connectivity index (χ1n) is 8.96. The zero-order valence-corrected chi connectivity index (χ0v) is 14.5. The highest BCUT2D eigenvalue weighted by Crippen LogP contribution is 2.43. The van der Waals surface area contributed by atoms with Crippen molar-refractivity contribution in [2.24, 2.45) is 5.92 Å². The maximum absolute atomic E-state index is 5.45. The number of nitrogens with one attached hydrogen (secondary N) is 1. The van der Waals surface area contributed by atoms with Gasteiger partial charge in [-0.3, -0.25) is 0 Å². The largest absolute Gasteiger partial charge is 0.376 e. The smallest absolute Gasteiger partial charge is 0.142 e. The van der Waals surface area contributed by atoms with Crippen LogP contribution in [0.5, 0.6) is 0 Å². The zero-order valence-electron chi connectivity index (χ0n) is 14.5. The van der Waals surface area contributed by atoms with Crippen LogP contribution >= 0.6 is 0 Å². The van der Waals surface area contributed by atoms with Crippen LogP contribution < -0.4 is 5.32 Å². The second-order valence-electron chi connectivity index (χ2n) is 7.21. The molecule has 0 saturated heterocycles. The third-order valence-electron chi connectivity index (χ3n) is 5.32. The number of benzene rings is 1. The number of nitrogens with zero attached hydrogens (tertiary/aromatic N) is 2. The van der Waals surface area contributed by atoms with Crippen LogP contribution in [0.25, 0.3) is 0 Å². The molecule has 2 aromatic rings. The molecule has 0 fully saturated rings. The SMILES string of the molecule is CC(C)C1CC(NCc2ncc3c(n2)CCOC3)c2ccccc21. The Hall–Kier alpha value is -1.78. The molecular formula is C20H25N3O. The number of fused-ring (bicyclic) bond motifs is 2. The van der Waals surface area contributed by atoms with Gasteiger partial charge in [-0.05, 0) is 29.4 Å². The summed E-state index contributed by atoms with van der Waals surface area (Å²) in [5.41, 5.74) is 5.24. The van der Waals surface area contributed by atoms with Crippen molar-refractivity contribution in [3.8, 4) is 0 Å². The van der Waals surface area contributed by atoms with Crippen molar-refractivity contribution in [3.05, 3.63) is 58.7 Å². The lowest BCUT2D eigenvalue weighted by Crippen LogP contribution is -2.22. The van der Waals surface area contributed by atoms with Gasteiger partial charge in [-0.2, -0.15) is 0 Å². The van der Waals surface area contributed by atoms with Gasteiger partial charge in [0.2, 0.25) is 0 Å². The molecule has 0 amide bonds. The fourth-order valence-corrected chi connectivity index (χ4v) is 3.97. The van der Waals surface area contributed by atoms with Crippen LogP contribution in [-0.4, -0.2) is 16.6 Å². The Kier molecular flexibility index (Phi) is 4.33. The summed E-state index contributed by atoms with van der Waals surface area (Å²) >= 11 is 0. The van der Waals surface area contributed by atoms with E-state index in [-0.39, 0.29) is 0 Å². The van der Waals surface area contributed by atoms with Crippen LogP contribution in [0.3, 0.4) is 0 Å². The van der Waals surface area contributed by atoms with E-state index in [4.69, 9.17) is 9.72 Å². The second-order valence-corrected chi connectivity index (χ2v) is 7.21. The minimum atomic E-state index is 0.400. The molecule has 1 aliphatic heterocycles. The number of rotatable bonds is 4. The Balaban J connectivity index is 1.48. The molecule has 4 heteroatoms. The topological polar surface area (TPSA) is 47.0 Å². The second kappa shape index (κ2) is 6.61. The maximum atomic E-state index is 5.45. The lowest BCUT2D eigenvalue weighted by molar-refractivity contribution is 0.108. The molecule has 24 heavy (non-hydrogen) atoms. The Morgan fingerprint density at radius 3 is 2.92 bits per heavy atom. The number of ether oxygens (including phenoxy) is 1. The number of hydrogen-bond acceptors (Lipinski definition) is 4. The van der Waals surface area contributed by atoms with E-state index in [0.717, 1.165) is 43.1 Å². The lowest BCUT2D eigenvalue weighted by Gasteiger charge is -2.18. The first-order chi connectivity index (χ1) is 11.7. The summed E-state index contributed by atoms with van der Waals surface area (Å²) in [4.78, 5) is 9.24. The molecule has 0 bridgehead atoms. The molecule has 126 valence electrons. The molecule has 1 aromatic carbocycles. The fourth-order valence-electron chi connectivity index (χ4n) is 3.97. The molecule has 4 rings (SSSR count). The molecule has 2 unspecified atom stereocenters. The van der Waals surface area contributed by atoms with Crippen LogP contribution in [0, 0.1) is 5.92 Å². The molecule has 0 saturated carbocycles. The monoisotopic (exact) mass is 323 g/mol. The van der Waals surface area contributed by atoms with E-state index >= 15 is 0 Å². The highest BCUT2D eigenvalue weighted by Gasteiger charge is 2.32. The van der Waals surface area contributed by atoms with Gasteiger partial charge in [-0.25, -0.2) is 9.97 Å². The molecule has 1 aromatic heterocycles. The first kappa shape index (κ1) is 15.7. The van der Waals surface area contributed by atoms with E-state index in [1.54, 1.807) is 0 Å². The lowest BCUT2D eigenvalue weighted by atomic mass is 9.90. The summed E-state index contributed by atoms with van der Waals surface area (Å²) in [6, 6.07) is 9.26. The van der Waals surface area contributed by atoms with Crippen molar-refractivity contribution < 1.29 is 4.74 Å². The van der Waals surface area contributed by atoms with Gasteiger partial charge in [0, 0.05) is 24.2 Å². The maximum Gasteiger partial charge on any atom is 0.142 e. The van der Waals surface area contributed by atoms with Gasteiger partial charge in [-0.1, -0.05) is 38.1 Å². The summed E-state index contributed by atoms with van der Waals surface area (Å²) < 4.78 is 5.45. The van der Waals surface area contributed by atoms with Gasteiger partial charge in [0.05, 0.1) is 25.5 Å². The highest BCUT2D eigenvalue weighted by atomic mass is 16.5. The van der Waals surface area contributed by atoms with Crippen molar-refractivity contribution in [1.29, 1.82) is 0 Å². The third-order valence-corrected chi connectivity index (χ3v) is 5.32. The van der Waals surface area contributed by atoms with E-state index in [1.807, 2.05) is 6.20 Å². The van der Waals surface area contributed by atoms with Gasteiger partial charge >= 0.3 is 0 Å². The highest BCUT2D eigenvalue weighted by molar-refractivity contribution is 5.38. The van der Waals surface area contributed by atoms with Gasteiger partial charge < -0.3 is 10.1 Å². The van der Waals surface area contributed by atoms with Crippen LogP contribution in [0.1, 0.15) is 60.4 Å². The summed E-state index contributed by atoms with van der Waals surface area (Å²) in [5, 5.41) is 3.69. The molecule has 2 atom stereocenters. The van der Waals surface area contributed by atoms with Gasteiger partial charge in [0.1, 0.15) is 5.82 Å². The first-order valence-corrected chi connectivity index (χ1v) is 8.96. The average Bonchev–Trinajstić information content (AvgIpc) is 2.99. The van der Waals surface area contributed by atoms with Gasteiger partial charge in [-0.15, -0.1) is 0 Å². The molecule has 1 N–H and O–H groups in total. The molecule has 1 aliphatic carbocycles. The summed E-state index contributed by atoms with van der Waals surface area (Å²) in [6.45, 7) is 6.77. The Bertz CT molecular complexity index is 729. The number of hydrogen-bond donors (Lipinski definition) is 1. The van der Waals surface area contributed by atoms with Crippen molar-refractivity contribution in [2.45, 2.75) is 51.8 Å². The fraction of sp³-hybridized carbons (Fsp3) is 0.500. The zero-order chi connectivity index (χ0) is 16.5. The van der Waals surface area contributed by atoms with E-state index in [2.05, 4.69) is 48.4 Å². The summed E-state index contributed by atoms with van der Waals surface area (Å²) in [7, 11) is 0. The predicted molar refractivity (Wildman–Crippen MR) is 93.6 cm³/mol. The van der Waals surface area contributed by atoms with Crippen molar-refractivity contribution in [2.75, 3.05) is 6.61 Å². The van der Waals surface area contributed by atoms with Crippen LogP contribution in [0.2, 0.25) is 0 Å². The minimum Gasteiger partial charge on any atom is -0.376 e. The van der Waals surface area contributed by atoms with Crippen molar-refractivity contribution >= 4 is 0 Å². The molecule has 4 nitrogen and oxygen atoms in total. The standard InChI is InChI=1S/C20H25N3O/c1-13(2)17-9-19(16-6-4-3-5-15(16)17)21-11-20-22-10-14-12-24-8-7-18(14)23-20/h3-6,10,13,17,19,21H,7-9,11-12H2,1-2H3. The summed E-state index contributed by atoms with van der Waals surface area (Å²) in [6.07, 6.45) is 3.99. The van der Waals surface area contributed by atoms with E-state index in [1.165, 1.54) is 11.1 Å². The molecule has 2 heterocycles. The van der Waals surface area contributed by atoms with Gasteiger partial charge in [0.15, 0.2) is 0 Å². The van der Waals surface area contributed by atoms with E-state index in [0.29, 0.717) is 24.5 Å². The van der Waals surface area contributed by atoms with E-state index < -0.39 is 0 Å². The van der Waals surface area contributed by atoms with Crippen LogP contribution in [0.15, 0.2) is 30.5 Å². The third kappa shape index (κ3) is 2.96. The van der Waals surface area contributed by atoms with Crippen LogP contribution in [-0.2, 0) is 24.3 Å². The normalized spacial score (nSPS) is 22.5. The van der Waals surface area contributed by atoms with Crippen molar-refractivity contribution in [3.63, 3.8) is 0 Å². The molecular weight excluding hydrogens is 298 g/mol. The van der Waals surface area contributed by atoms with E-state index in [9.17, 15) is 0 Å². The Morgan fingerprint density at radius 2 is 2.08 bits per heavy atom. The number of aromatic nitrogens is 2. The quantitative estimate of drug-likeness (QED) is 0.935. The molecule has 2 aliphatic rings.